The molecule has 1 saturated carbocycles. The summed E-state index contributed by atoms with van der Waals surface area (Å²) in [5.74, 6) is 1.04. The molecule has 2 aromatic rings. The van der Waals surface area contributed by atoms with E-state index < -0.39 is 5.60 Å². The van der Waals surface area contributed by atoms with Crippen LogP contribution in [0.1, 0.15) is 44.3 Å². The molecule has 0 atom stereocenters. The molecule has 0 aliphatic heterocycles. The minimum Gasteiger partial charge on any atom is -0.390 e. The minimum absolute atomic E-state index is 0.173. The standard InChI is InChI=1S/C13H18N4O2/c1-13(19)5-3-8(4-6-13)10-14-7-9-11(15-10)16-12(18)17(9)2/h7-8,19H,3-6H2,1-2H3,(H,14,15,16,18). The van der Waals surface area contributed by atoms with E-state index in [9.17, 15) is 9.90 Å². The van der Waals surface area contributed by atoms with E-state index in [1.807, 2.05) is 6.92 Å². The average Bonchev–Trinajstić information content (AvgIpc) is 2.64. The zero-order chi connectivity index (χ0) is 13.6. The second kappa shape index (κ2) is 4.16. The number of aryl methyl sites for hydroxylation is 1. The zero-order valence-corrected chi connectivity index (χ0v) is 11.2. The molecule has 102 valence electrons. The van der Waals surface area contributed by atoms with Crippen molar-refractivity contribution in [2.45, 2.75) is 44.1 Å². The van der Waals surface area contributed by atoms with Crippen molar-refractivity contribution >= 4 is 11.2 Å². The van der Waals surface area contributed by atoms with Gasteiger partial charge < -0.3 is 5.11 Å². The lowest BCUT2D eigenvalue weighted by atomic mass is 9.79. The first-order chi connectivity index (χ1) is 8.96. The van der Waals surface area contributed by atoms with Crippen LogP contribution in [0.25, 0.3) is 11.2 Å². The fraction of sp³-hybridized carbons (Fsp3) is 0.615. The number of aromatic amines is 1. The van der Waals surface area contributed by atoms with Gasteiger partial charge in [0.15, 0.2) is 5.65 Å². The first-order valence-corrected chi connectivity index (χ1v) is 6.60. The number of aromatic nitrogens is 4. The number of H-pyrrole nitrogens is 1. The van der Waals surface area contributed by atoms with Crippen molar-refractivity contribution in [1.29, 1.82) is 0 Å². The highest BCUT2D eigenvalue weighted by atomic mass is 16.3. The van der Waals surface area contributed by atoms with E-state index in [1.165, 1.54) is 4.57 Å². The Hall–Kier alpha value is -1.69. The monoisotopic (exact) mass is 262 g/mol. The molecule has 0 saturated heterocycles. The number of aliphatic hydroxyl groups is 1. The molecule has 0 unspecified atom stereocenters. The first kappa shape index (κ1) is 12.3. The van der Waals surface area contributed by atoms with Crippen molar-refractivity contribution < 1.29 is 5.11 Å². The topological polar surface area (TPSA) is 83.8 Å². The number of imidazole rings is 1. The summed E-state index contributed by atoms with van der Waals surface area (Å²) in [4.78, 5) is 23.1. The molecule has 3 rings (SSSR count). The highest BCUT2D eigenvalue weighted by Gasteiger charge is 2.30. The van der Waals surface area contributed by atoms with Crippen molar-refractivity contribution in [3.05, 3.63) is 22.5 Å². The van der Waals surface area contributed by atoms with E-state index in [-0.39, 0.29) is 11.6 Å². The van der Waals surface area contributed by atoms with Crippen LogP contribution in [-0.2, 0) is 7.05 Å². The summed E-state index contributed by atoms with van der Waals surface area (Å²) in [5.41, 5.74) is 0.584. The Bertz CT molecular complexity index is 661. The first-order valence-electron chi connectivity index (χ1n) is 6.60. The SMILES string of the molecule is Cn1c(=O)[nH]c2nc(C3CCC(C)(O)CC3)ncc21. The third-order valence-corrected chi connectivity index (χ3v) is 4.11. The number of fused-ring (bicyclic) bond motifs is 1. The molecule has 6 nitrogen and oxygen atoms in total. The van der Waals surface area contributed by atoms with Gasteiger partial charge in [0.1, 0.15) is 11.3 Å². The summed E-state index contributed by atoms with van der Waals surface area (Å²) in [6.45, 7) is 1.88. The summed E-state index contributed by atoms with van der Waals surface area (Å²) < 4.78 is 1.50. The molecule has 2 N–H and O–H groups in total. The number of nitrogens with one attached hydrogen (secondary N) is 1. The Balaban J connectivity index is 1.92. The molecular formula is C13H18N4O2. The maximum Gasteiger partial charge on any atom is 0.327 e. The largest absolute Gasteiger partial charge is 0.390 e. The van der Waals surface area contributed by atoms with E-state index in [0.29, 0.717) is 5.65 Å². The molecule has 2 heterocycles. The normalized spacial score (nSPS) is 27.8. The Labute approximate surface area is 110 Å². The van der Waals surface area contributed by atoms with Crippen LogP contribution in [0.4, 0.5) is 0 Å². The molecule has 0 spiro atoms. The predicted molar refractivity (Wildman–Crippen MR) is 71.0 cm³/mol. The maximum atomic E-state index is 11.5. The molecule has 1 aliphatic rings. The average molecular weight is 262 g/mol. The summed E-state index contributed by atoms with van der Waals surface area (Å²) in [6, 6.07) is 0. The van der Waals surface area contributed by atoms with Gasteiger partial charge in [-0.05, 0) is 32.6 Å². The fourth-order valence-electron chi connectivity index (χ4n) is 2.72. The smallest absolute Gasteiger partial charge is 0.327 e. The molecule has 1 aliphatic carbocycles. The van der Waals surface area contributed by atoms with Crippen LogP contribution in [0.15, 0.2) is 11.0 Å². The van der Waals surface area contributed by atoms with Gasteiger partial charge in [0.25, 0.3) is 0 Å². The van der Waals surface area contributed by atoms with Crippen LogP contribution in [0.5, 0.6) is 0 Å². The van der Waals surface area contributed by atoms with Gasteiger partial charge in [-0.3, -0.25) is 9.55 Å². The molecule has 6 heteroatoms. The quantitative estimate of drug-likeness (QED) is 0.805. The molecule has 2 aromatic heterocycles. The molecule has 1 fully saturated rings. The van der Waals surface area contributed by atoms with Gasteiger partial charge in [-0.2, -0.15) is 0 Å². The van der Waals surface area contributed by atoms with E-state index >= 15 is 0 Å². The summed E-state index contributed by atoms with van der Waals surface area (Å²) >= 11 is 0. The van der Waals surface area contributed by atoms with Gasteiger partial charge in [-0.25, -0.2) is 14.8 Å². The molecule has 19 heavy (non-hydrogen) atoms. The molecule has 0 amide bonds. The van der Waals surface area contributed by atoms with Crippen molar-refractivity contribution in [1.82, 2.24) is 19.5 Å². The second-order valence-electron chi connectivity index (χ2n) is 5.72. The van der Waals surface area contributed by atoms with Crippen molar-refractivity contribution in [2.24, 2.45) is 7.05 Å². The Morgan fingerprint density at radius 2 is 2.16 bits per heavy atom. The summed E-state index contributed by atoms with van der Waals surface area (Å²) in [6.07, 6.45) is 5.00. The Morgan fingerprint density at radius 1 is 1.47 bits per heavy atom. The number of rotatable bonds is 1. The van der Waals surface area contributed by atoms with Gasteiger partial charge in [-0.15, -0.1) is 0 Å². The third kappa shape index (κ3) is 2.16. The lowest BCUT2D eigenvalue weighted by Gasteiger charge is -2.32. The van der Waals surface area contributed by atoms with Crippen LogP contribution < -0.4 is 5.69 Å². The van der Waals surface area contributed by atoms with Crippen LogP contribution in [0.3, 0.4) is 0 Å². The fourth-order valence-corrected chi connectivity index (χ4v) is 2.72. The van der Waals surface area contributed by atoms with Crippen LogP contribution in [0, 0.1) is 0 Å². The van der Waals surface area contributed by atoms with Crippen LogP contribution in [-0.4, -0.2) is 30.2 Å². The minimum atomic E-state index is -0.554. The number of hydrogen-bond donors (Lipinski definition) is 2. The Morgan fingerprint density at radius 3 is 2.84 bits per heavy atom. The van der Waals surface area contributed by atoms with Gasteiger partial charge >= 0.3 is 5.69 Å². The van der Waals surface area contributed by atoms with Crippen molar-refractivity contribution in [3.8, 4) is 0 Å². The third-order valence-electron chi connectivity index (χ3n) is 4.11. The summed E-state index contributed by atoms with van der Waals surface area (Å²) in [5, 5.41) is 9.96. The van der Waals surface area contributed by atoms with Gasteiger partial charge in [0, 0.05) is 13.0 Å². The van der Waals surface area contributed by atoms with Crippen molar-refractivity contribution in [2.75, 3.05) is 0 Å². The predicted octanol–water partition coefficient (Wildman–Crippen LogP) is 1.07. The maximum absolute atomic E-state index is 11.5. The summed E-state index contributed by atoms with van der Waals surface area (Å²) in [7, 11) is 1.70. The van der Waals surface area contributed by atoms with Crippen LogP contribution in [0.2, 0.25) is 0 Å². The second-order valence-corrected chi connectivity index (χ2v) is 5.72. The molecule has 0 aromatic carbocycles. The van der Waals surface area contributed by atoms with Gasteiger partial charge in [0.05, 0.1) is 11.8 Å². The highest BCUT2D eigenvalue weighted by Crippen LogP contribution is 2.36. The molecule has 0 bridgehead atoms. The van der Waals surface area contributed by atoms with E-state index in [2.05, 4.69) is 15.0 Å². The lowest BCUT2D eigenvalue weighted by Crippen LogP contribution is -2.30. The molecule has 0 radical (unpaired) electrons. The highest BCUT2D eigenvalue weighted by molar-refractivity contribution is 5.69. The van der Waals surface area contributed by atoms with Crippen molar-refractivity contribution in [3.63, 3.8) is 0 Å². The van der Waals surface area contributed by atoms with Crippen LogP contribution >= 0.6 is 0 Å². The molecular weight excluding hydrogens is 244 g/mol. The zero-order valence-electron chi connectivity index (χ0n) is 11.2. The lowest BCUT2D eigenvalue weighted by molar-refractivity contribution is 0.0165. The van der Waals surface area contributed by atoms with E-state index in [1.54, 1.807) is 13.2 Å². The number of nitrogens with zero attached hydrogens (tertiary/aromatic N) is 3. The van der Waals surface area contributed by atoms with E-state index in [4.69, 9.17) is 0 Å². The number of hydrogen-bond acceptors (Lipinski definition) is 4. The van der Waals surface area contributed by atoms with E-state index in [0.717, 1.165) is 37.0 Å². The Kier molecular flexibility index (Phi) is 2.70. The van der Waals surface area contributed by atoms with Gasteiger partial charge in [-0.1, -0.05) is 0 Å². The van der Waals surface area contributed by atoms with Gasteiger partial charge in [0.2, 0.25) is 0 Å².